The lowest BCUT2D eigenvalue weighted by Gasteiger charge is -2.42. The van der Waals surface area contributed by atoms with E-state index in [9.17, 15) is 14.4 Å². The van der Waals surface area contributed by atoms with Crippen molar-refractivity contribution in [2.24, 2.45) is 0 Å². The Morgan fingerprint density at radius 3 is 2.58 bits per heavy atom. The number of anilines is 2. The number of nitriles is 1. The number of hydrogen-bond acceptors (Lipinski definition) is 8. The smallest absolute Gasteiger partial charge is 0.318 e. The molecule has 1 amide bonds. The number of carbonyl (C=O) groups excluding carboxylic acids is 1. The van der Waals surface area contributed by atoms with Crippen molar-refractivity contribution in [3.63, 3.8) is 0 Å². The van der Waals surface area contributed by atoms with E-state index in [2.05, 4.69) is 70.7 Å². The van der Waals surface area contributed by atoms with Gasteiger partial charge in [-0.1, -0.05) is 49.8 Å². The number of carbonyl (C=O) groups is 1. The highest BCUT2D eigenvalue weighted by Gasteiger charge is 2.35. The first-order valence-electron chi connectivity index (χ1n) is 16.2. The zero-order chi connectivity index (χ0) is 31.3. The molecule has 0 bridgehead atoms. The minimum atomic E-state index is -1.00. The van der Waals surface area contributed by atoms with E-state index in [0.717, 1.165) is 49.7 Å². The normalized spacial score (nSPS) is 19.1. The van der Waals surface area contributed by atoms with Gasteiger partial charge in [-0.2, -0.15) is 15.2 Å². The van der Waals surface area contributed by atoms with Gasteiger partial charge in [0.05, 0.1) is 30.8 Å². The molecule has 0 saturated carbocycles. The summed E-state index contributed by atoms with van der Waals surface area (Å²) in [6.45, 7) is 11.4. The Morgan fingerprint density at radius 2 is 1.82 bits per heavy atom. The number of amides is 1. The molecule has 0 radical (unpaired) electrons. The van der Waals surface area contributed by atoms with Crippen LogP contribution in [-0.2, 0) is 17.8 Å². The highest BCUT2D eigenvalue weighted by atomic mass is 19.1. The van der Waals surface area contributed by atoms with Crippen molar-refractivity contribution < 1.29 is 13.9 Å². The third kappa shape index (κ3) is 6.74. The van der Waals surface area contributed by atoms with Gasteiger partial charge in [-0.3, -0.25) is 9.69 Å². The number of piperazine rings is 1. The maximum Gasteiger partial charge on any atom is 0.318 e. The Labute approximate surface area is 264 Å². The average molecular weight is 612 g/mol. The quantitative estimate of drug-likeness (QED) is 0.323. The van der Waals surface area contributed by atoms with Gasteiger partial charge >= 0.3 is 6.01 Å². The van der Waals surface area contributed by atoms with Crippen molar-refractivity contribution in [3.8, 4) is 12.1 Å². The number of ether oxygens (including phenoxy) is 1. The molecule has 0 unspecified atom stereocenters. The van der Waals surface area contributed by atoms with E-state index in [-0.39, 0.29) is 13.0 Å². The number of halogens is 1. The van der Waals surface area contributed by atoms with Gasteiger partial charge in [0.1, 0.15) is 12.4 Å². The van der Waals surface area contributed by atoms with Crippen LogP contribution in [0.5, 0.6) is 6.01 Å². The number of aryl methyl sites for hydroxylation is 1. The van der Waals surface area contributed by atoms with Crippen LogP contribution < -0.4 is 14.5 Å². The molecule has 3 aromatic rings. The Hall–Kier alpha value is -4.23. The highest BCUT2D eigenvalue weighted by molar-refractivity contribution is 5.97. The first-order chi connectivity index (χ1) is 21.9. The third-order valence-electron chi connectivity index (χ3n) is 9.39. The summed E-state index contributed by atoms with van der Waals surface area (Å²) >= 11 is 0. The highest BCUT2D eigenvalue weighted by Crippen LogP contribution is 2.36. The number of hydrogen-bond donors (Lipinski definition) is 0. The zero-order valence-electron chi connectivity index (χ0n) is 26.2. The van der Waals surface area contributed by atoms with Gasteiger partial charge < -0.3 is 19.4 Å². The van der Waals surface area contributed by atoms with E-state index in [1.807, 2.05) is 0 Å². The van der Waals surface area contributed by atoms with Crippen LogP contribution in [0.4, 0.5) is 15.9 Å². The number of rotatable bonds is 8. The minimum Gasteiger partial charge on any atom is -0.462 e. The topological polar surface area (TPSA) is 88.8 Å². The molecule has 0 spiro atoms. The first-order valence-corrected chi connectivity index (χ1v) is 16.2. The molecule has 2 fully saturated rings. The summed E-state index contributed by atoms with van der Waals surface area (Å²) in [6, 6.07) is 14.9. The van der Waals surface area contributed by atoms with Crippen LogP contribution in [0.3, 0.4) is 0 Å². The number of likely N-dealkylation sites (tertiary alicyclic amines) is 1. The lowest BCUT2D eigenvalue weighted by molar-refractivity contribution is -0.131. The second-order valence-electron chi connectivity index (χ2n) is 12.3. The molecule has 3 aliphatic rings. The van der Waals surface area contributed by atoms with Gasteiger partial charge in [0, 0.05) is 49.4 Å². The van der Waals surface area contributed by atoms with E-state index in [0.29, 0.717) is 32.3 Å². The lowest BCUT2D eigenvalue weighted by atomic mass is 9.99. The van der Waals surface area contributed by atoms with Gasteiger partial charge in [-0.05, 0) is 56.3 Å². The molecule has 6 rings (SSSR count). The fourth-order valence-electron chi connectivity index (χ4n) is 7.07. The maximum atomic E-state index is 13.8. The molecular weight excluding hydrogens is 569 g/mol. The van der Waals surface area contributed by atoms with Gasteiger partial charge in [-0.25, -0.2) is 4.39 Å². The maximum absolute atomic E-state index is 13.8. The fraction of sp³-hybridized carbons (Fsp3) is 0.486. The Morgan fingerprint density at radius 1 is 1.04 bits per heavy atom. The van der Waals surface area contributed by atoms with Gasteiger partial charge in [-0.15, -0.1) is 0 Å². The summed E-state index contributed by atoms with van der Waals surface area (Å²) in [6.07, 6.45) is 5.84. The summed E-state index contributed by atoms with van der Waals surface area (Å²) in [5.74, 6) is -0.972. The van der Waals surface area contributed by atoms with Crippen LogP contribution >= 0.6 is 0 Å². The number of nitrogens with zero attached hydrogens (tertiary/aromatic N) is 7. The van der Waals surface area contributed by atoms with Crippen molar-refractivity contribution in [2.45, 2.75) is 58.0 Å². The second-order valence-corrected chi connectivity index (χ2v) is 12.3. The van der Waals surface area contributed by atoms with Crippen LogP contribution in [0.15, 0.2) is 48.8 Å². The van der Waals surface area contributed by atoms with Crippen molar-refractivity contribution in [1.82, 2.24) is 19.8 Å². The first kappa shape index (κ1) is 30.8. The van der Waals surface area contributed by atoms with E-state index >= 15 is 0 Å². The molecular formula is C35H42FN7O2. The van der Waals surface area contributed by atoms with Gasteiger partial charge in [0.15, 0.2) is 5.83 Å². The van der Waals surface area contributed by atoms with Crippen molar-refractivity contribution in [2.75, 3.05) is 62.2 Å². The van der Waals surface area contributed by atoms with Crippen molar-refractivity contribution >= 4 is 28.2 Å². The van der Waals surface area contributed by atoms with Crippen LogP contribution in [0.25, 0.3) is 10.8 Å². The molecule has 0 aliphatic carbocycles. The summed E-state index contributed by atoms with van der Waals surface area (Å²) < 4.78 is 20.1. The molecule has 4 heterocycles. The van der Waals surface area contributed by atoms with Crippen LogP contribution in [-0.4, -0.2) is 84.1 Å². The second kappa shape index (κ2) is 13.8. The Balaban J connectivity index is 1.30. The molecule has 45 heavy (non-hydrogen) atoms. The van der Waals surface area contributed by atoms with Gasteiger partial charge in [0.2, 0.25) is 0 Å². The van der Waals surface area contributed by atoms with Crippen LogP contribution in [0, 0.1) is 18.3 Å². The fourth-order valence-corrected chi connectivity index (χ4v) is 7.07. The van der Waals surface area contributed by atoms with E-state index < -0.39 is 17.8 Å². The van der Waals surface area contributed by atoms with Gasteiger partial charge in [0.25, 0.3) is 5.91 Å². The summed E-state index contributed by atoms with van der Waals surface area (Å²) in [4.78, 5) is 30.9. The summed E-state index contributed by atoms with van der Waals surface area (Å²) in [5, 5.41) is 12.0. The minimum absolute atomic E-state index is 0.0934. The molecule has 1 aromatic heterocycles. The largest absolute Gasteiger partial charge is 0.462 e. The number of aromatic nitrogens is 2. The Bertz CT molecular complexity index is 1590. The summed E-state index contributed by atoms with van der Waals surface area (Å²) in [5.41, 5.74) is 4.41. The molecule has 9 nitrogen and oxygen atoms in total. The van der Waals surface area contributed by atoms with E-state index in [1.165, 1.54) is 52.6 Å². The molecule has 3 aliphatic heterocycles. The zero-order valence-corrected chi connectivity index (χ0v) is 26.2. The van der Waals surface area contributed by atoms with Crippen molar-refractivity contribution in [3.05, 3.63) is 65.6 Å². The summed E-state index contributed by atoms with van der Waals surface area (Å²) in [7, 11) is 0. The number of fused-ring (bicyclic) bond motifs is 2. The molecule has 0 N–H and O–H groups in total. The molecule has 2 saturated heterocycles. The predicted octanol–water partition coefficient (Wildman–Crippen LogP) is 5.17. The van der Waals surface area contributed by atoms with Crippen LogP contribution in [0.1, 0.15) is 48.9 Å². The monoisotopic (exact) mass is 611 g/mol. The molecule has 236 valence electrons. The van der Waals surface area contributed by atoms with Crippen molar-refractivity contribution in [1.29, 1.82) is 5.26 Å². The Kier molecular flexibility index (Phi) is 9.45. The molecule has 2 aromatic carbocycles. The SMILES string of the molecule is C=C(F)C(=O)N1CCN(c2nc(OCCN3CCCCCC3)nc3c2CCN(c2cccc4cccc(C)c24)C3)C[C@@H]1CC#N. The van der Waals surface area contributed by atoms with E-state index in [1.54, 1.807) is 0 Å². The van der Waals surface area contributed by atoms with Crippen LogP contribution in [0.2, 0.25) is 0 Å². The van der Waals surface area contributed by atoms with E-state index in [4.69, 9.17) is 14.7 Å². The number of benzene rings is 2. The standard InChI is InChI=1S/C35H42FN7O2/c1-25-9-7-10-27-11-8-12-31(32(25)27)41-18-14-29-30(24-41)38-35(45-22-21-40-16-5-3-4-6-17-40)39-33(29)42-19-20-43(34(44)26(2)36)28(23-42)13-15-37/h7-12,28H,2-6,13-14,16-24H2,1H3/t28-/m0/s1. The third-order valence-corrected chi connectivity index (χ3v) is 9.39. The predicted molar refractivity (Wildman–Crippen MR) is 174 cm³/mol. The lowest BCUT2D eigenvalue weighted by Crippen LogP contribution is -2.55. The average Bonchev–Trinajstić information content (AvgIpc) is 3.33. The molecule has 10 heteroatoms. The molecule has 1 atom stereocenters.